The molecule has 2 fully saturated rings. The van der Waals surface area contributed by atoms with Crippen LogP contribution in [-0.2, 0) is 14.8 Å². The van der Waals surface area contributed by atoms with Crippen LogP contribution in [0.4, 0.5) is 0 Å². The van der Waals surface area contributed by atoms with Crippen LogP contribution < -0.4 is 0 Å². The van der Waals surface area contributed by atoms with Gasteiger partial charge in [-0.05, 0) is 49.9 Å². The van der Waals surface area contributed by atoms with E-state index >= 15 is 0 Å². The largest absolute Gasteiger partial charge is 0.340 e. The molecule has 1 saturated heterocycles. The molecule has 0 bridgehead atoms. The molecule has 2 aliphatic rings. The number of aryl methyl sites for hydroxylation is 2. The number of carbonyl (C=O) groups excluding carboxylic acids is 1. The summed E-state index contributed by atoms with van der Waals surface area (Å²) in [5, 5.41) is 0. The molecule has 22 heavy (non-hydrogen) atoms. The monoisotopic (exact) mass is 322 g/mol. The van der Waals surface area contributed by atoms with Crippen LogP contribution in [0.1, 0.15) is 24.0 Å². The zero-order chi connectivity index (χ0) is 15.9. The molecule has 1 saturated carbocycles. The van der Waals surface area contributed by atoms with Gasteiger partial charge in [0.2, 0.25) is 15.9 Å². The van der Waals surface area contributed by atoms with Crippen LogP contribution in [0, 0.1) is 19.8 Å². The number of carbonyl (C=O) groups is 1. The standard InChI is InChI=1S/C16H22N2O3S/c1-12-3-6-15(11-13(12)2)22(20,21)18-9-7-17(8-10-18)16(19)14-4-5-14/h3,6,11,14H,4-5,7-10H2,1-2H3. The molecule has 0 radical (unpaired) electrons. The Kier molecular flexibility index (Phi) is 3.99. The van der Waals surface area contributed by atoms with E-state index in [0.29, 0.717) is 31.1 Å². The van der Waals surface area contributed by atoms with E-state index in [4.69, 9.17) is 0 Å². The summed E-state index contributed by atoms with van der Waals surface area (Å²) < 4.78 is 26.9. The summed E-state index contributed by atoms with van der Waals surface area (Å²) in [6.07, 6.45) is 1.97. The average Bonchev–Trinajstić information content (AvgIpc) is 3.34. The minimum atomic E-state index is -3.46. The van der Waals surface area contributed by atoms with Gasteiger partial charge in [0.25, 0.3) is 0 Å². The summed E-state index contributed by atoms with van der Waals surface area (Å²) in [6, 6.07) is 5.24. The third-order valence-corrected chi connectivity index (χ3v) is 6.49. The molecular formula is C16H22N2O3S. The molecule has 0 spiro atoms. The van der Waals surface area contributed by atoms with Crippen molar-refractivity contribution >= 4 is 15.9 Å². The highest BCUT2D eigenvalue weighted by atomic mass is 32.2. The Morgan fingerprint density at radius 3 is 2.23 bits per heavy atom. The quantitative estimate of drug-likeness (QED) is 0.848. The Morgan fingerprint density at radius 1 is 1.05 bits per heavy atom. The lowest BCUT2D eigenvalue weighted by Gasteiger charge is -2.34. The Labute approximate surface area is 132 Å². The highest BCUT2D eigenvalue weighted by molar-refractivity contribution is 7.89. The van der Waals surface area contributed by atoms with E-state index in [2.05, 4.69) is 0 Å². The fourth-order valence-corrected chi connectivity index (χ4v) is 4.27. The second kappa shape index (κ2) is 5.66. The summed E-state index contributed by atoms with van der Waals surface area (Å²) in [6.45, 7) is 5.65. The molecule has 1 aromatic carbocycles. The smallest absolute Gasteiger partial charge is 0.243 e. The van der Waals surface area contributed by atoms with Crippen LogP contribution in [0.2, 0.25) is 0 Å². The molecule has 5 nitrogen and oxygen atoms in total. The second-order valence-electron chi connectivity index (χ2n) is 6.25. The Morgan fingerprint density at radius 2 is 1.68 bits per heavy atom. The van der Waals surface area contributed by atoms with Crippen LogP contribution in [0.3, 0.4) is 0 Å². The Hall–Kier alpha value is -1.40. The van der Waals surface area contributed by atoms with E-state index < -0.39 is 10.0 Å². The number of amides is 1. The SMILES string of the molecule is Cc1ccc(S(=O)(=O)N2CCN(C(=O)C3CC3)CC2)cc1C. The van der Waals surface area contributed by atoms with Gasteiger partial charge in [0.15, 0.2) is 0 Å². The first-order valence-electron chi connectivity index (χ1n) is 7.76. The van der Waals surface area contributed by atoms with Crippen molar-refractivity contribution in [1.82, 2.24) is 9.21 Å². The molecule has 3 rings (SSSR count). The molecule has 1 heterocycles. The van der Waals surface area contributed by atoms with Gasteiger partial charge in [0.1, 0.15) is 0 Å². The Balaban J connectivity index is 1.71. The Bertz CT molecular complexity index is 687. The number of benzene rings is 1. The van der Waals surface area contributed by atoms with E-state index in [1.165, 1.54) is 4.31 Å². The van der Waals surface area contributed by atoms with Crippen molar-refractivity contribution in [3.8, 4) is 0 Å². The molecule has 1 aromatic rings. The van der Waals surface area contributed by atoms with Crippen LogP contribution in [0.5, 0.6) is 0 Å². The van der Waals surface area contributed by atoms with Gasteiger partial charge in [0, 0.05) is 32.1 Å². The van der Waals surface area contributed by atoms with E-state index in [1.807, 2.05) is 24.8 Å². The highest BCUT2D eigenvalue weighted by Crippen LogP contribution is 2.31. The summed E-state index contributed by atoms with van der Waals surface area (Å²) in [7, 11) is -3.46. The predicted molar refractivity (Wildman–Crippen MR) is 84.0 cm³/mol. The van der Waals surface area contributed by atoms with Crippen molar-refractivity contribution in [2.24, 2.45) is 5.92 Å². The van der Waals surface area contributed by atoms with Crippen LogP contribution in [0.15, 0.2) is 23.1 Å². The number of hydrogen-bond donors (Lipinski definition) is 0. The number of rotatable bonds is 3. The van der Waals surface area contributed by atoms with Gasteiger partial charge >= 0.3 is 0 Å². The number of hydrogen-bond acceptors (Lipinski definition) is 3. The molecule has 1 aliphatic carbocycles. The molecule has 0 aromatic heterocycles. The summed E-state index contributed by atoms with van der Waals surface area (Å²) in [5.41, 5.74) is 2.06. The lowest BCUT2D eigenvalue weighted by atomic mass is 10.1. The molecular weight excluding hydrogens is 300 g/mol. The summed E-state index contributed by atoms with van der Waals surface area (Å²) in [4.78, 5) is 14.2. The third kappa shape index (κ3) is 2.90. The van der Waals surface area contributed by atoms with Gasteiger partial charge in [0.05, 0.1) is 4.90 Å². The van der Waals surface area contributed by atoms with E-state index in [-0.39, 0.29) is 11.8 Å². The van der Waals surface area contributed by atoms with Crippen molar-refractivity contribution in [3.63, 3.8) is 0 Å². The summed E-state index contributed by atoms with van der Waals surface area (Å²) >= 11 is 0. The van der Waals surface area contributed by atoms with Crippen LogP contribution >= 0.6 is 0 Å². The maximum Gasteiger partial charge on any atom is 0.243 e. The molecule has 120 valence electrons. The molecule has 1 aliphatic heterocycles. The van der Waals surface area contributed by atoms with Gasteiger partial charge in [-0.15, -0.1) is 0 Å². The van der Waals surface area contributed by atoms with Crippen LogP contribution in [0.25, 0.3) is 0 Å². The lowest BCUT2D eigenvalue weighted by Crippen LogP contribution is -2.50. The van der Waals surface area contributed by atoms with Gasteiger partial charge in [-0.1, -0.05) is 6.07 Å². The van der Waals surface area contributed by atoms with E-state index in [9.17, 15) is 13.2 Å². The fraction of sp³-hybridized carbons (Fsp3) is 0.562. The number of nitrogens with zero attached hydrogens (tertiary/aromatic N) is 2. The highest BCUT2D eigenvalue weighted by Gasteiger charge is 2.36. The van der Waals surface area contributed by atoms with E-state index in [0.717, 1.165) is 24.0 Å². The molecule has 1 amide bonds. The van der Waals surface area contributed by atoms with Gasteiger partial charge in [-0.25, -0.2) is 8.42 Å². The van der Waals surface area contributed by atoms with Crippen molar-refractivity contribution < 1.29 is 13.2 Å². The number of sulfonamides is 1. The lowest BCUT2D eigenvalue weighted by molar-refractivity contribution is -0.133. The first-order chi connectivity index (χ1) is 10.4. The zero-order valence-electron chi connectivity index (χ0n) is 13.1. The first kappa shape index (κ1) is 15.5. The molecule has 0 atom stereocenters. The van der Waals surface area contributed by atoms with Crippen molar-refractivity contribution in [3.05, 3.63) is 29.3 Å². The normalized spacial score (nSPS) is 20.2. The minimum Gasteiger partial charge on any atom is -0.340 e. The maximum atomic E-state index is 12.7. The third-order valence-electron chi connectivity index (χ3n) is 4.59. The second-order valence-corrected chi connectivity index (χ2v) is 8.19. The molecule has 0 unspecified atom stereocenters. The van der Waals surface area contributed by atoms with Crippen LogP contribution in [-0.4, -0.2) is 49.7 Å². The molecule has 6 heteroatoms. The average molecular weight is 322 g/mol. The van der Waals surface area contributed by atoms with Crippen molar-refractivity contribution in [2.45, 2.75) is 31.6 Å². The number of piperazine rings is 1. The minimum absolute atomic E-state index is 0.197. The maximum absolute atomic E-state index is 12.7. The van der Waals surface area contributed by atoms with Gasteiger partial charge < -0.3 is 4.90 Å². The summed E-state index contributed by atoms with van der Waals surface area (Å²) in [5.74, 6) is 0.395. The predicted octanol–water partition coefficient (Wildman–Crippen LogP) is 1.55. The topological polar surface area (TPSA) is 57.7 Å². The zero-order valence-corrected chi connectivity index (χ0v) is 13.9. The first-order valence-corrected chi connectivity index (χ1v) is 9.20. The van der Waals surface area contributed by atoms with E-state index in [1.54, 1.807) is 12.1 Å². The molecule has 0 N–H and O–H groups in total. The van der Waals surface area contributed by atoms with Crippen molar-refractivity contribution in [2.75, 3.05) is 26.2 Å². The fourth-order valence-electron chi connectivity index (χ4n) is 2.76. The van der Waals surface area contributed by atoms with Gasteiger partial charge in [-0.3, -0.25) is 4.79 Å². The van der Waals surface area contributed by atoms with Gasteiger partial charge in [-0.2, -0.15) is 4.31 Å². The van der Waals surface area contributed by atoms with Crippen molar-refractivity contribution in [1.29, 1.82) is 0 Å².